The maximum absolute atomic E-state index is 11.7. The third kappa shape index (κ3) is 5.59. The fraction of sp³-hybridized carbons (Fsp3) is 0.857. The molecule has 0 unspecified atom stereocenters. The molecule has 1 aliphatic rings. The maximum Gasteiger partial charge on any atom is 0.310 e. The summed E-state index contributed by atoms with van der Waals surface area (Å²) in [7, 11) is 3.56. The molecule has 1 aliphatic heterocycles. The Hall–Kier alpha value is -1.10. The van der Waals surface area contributed by atoms with E-state index in [-0.39, 0.29) is 17.8 Å². The van der Waals surface area contributed by atoms with Crippen LogP contribution in [0.15, 0.2) is 0 Å². The molecule has 0 aromatic heterocycles. The van der Waals surface area contributed by atoms with Crippen LogP contribution in [-0.4, -0.2) is 62.0 Å². The second-order valence-corrected chi connectivity index (χ2v) is 5.28. The summed E-state index contributed by atoms with van der Waals surface area (Å²) < 4.78 is 5.08. The Morgan fingerprint density at radius 1 is 1.37 bits per heavy atom. The molecule has 1 atom stereocenters. The number of nitrogens with zero attached hydrogens (tertiary/aromatic N) is 2. The van der Waals surface area contributed by atoms with Crippen molar-refractivity contribution in [1.29, 1.82) is 0 Å². The number of ether oxygens (including phenoxy) is 1. The van der Waals surface area contributed by atoms with Gasteiger partial charge in [-0.05, 0) is 39.3 Å². The van der Waals surface area contributed by atoms with Crippen molar-refractivity contribution in [2.75, 3.05) is 40.3 Å². The Bertz CT molecular complexity index is 305. The first kappa shape index (κ1) is 16.0. The zero-order chi connectivity index (χ0) is 14.3. The molecule has 0 aliphatic carbocycles. The highest BCUT2D eigenvalue weighted by Crippen LogP contribution is 2.18. The molecule has 0 saturated carbocycles. The zero-order valence-corrected chi connectivity index (χ0v) is 12.4. The molecular formula is C14H26N2O3. The molecule has 0 bridgehead atoms. The molecule has 0 radical (unpaired) electrons. The second kappa shape index (κ2) is 8.15. The van der Waals surface area contributed by atoms with E-state index >= 15 is 0 Å². The Labute approximate surface area is 115 Å². The van der Waals surface area contributed by atoms with E-state index in [0.29, 0.717) is 13.0 Å². The third-order valence-corrected chi connectivity index (χ3v) is 3.49. The number of hydrogen-bond donors (Lipinski definition) is 0. The highest BCUT2D eigenvalue weighted by Gasteiger charge is 2.26. The standard InChI is InChI=1S/C14H26N2O3/c1-4-19-14(18)12-7-5-9-16(11-12)10-6-8-13(17)15(2)3/h12H,4-11H2,1-3H3/t12-/m1/s1. The van der Waals surface area contributed by atoms with E-state index in [1.165, 1.54) is 0 Å². The minimum absolute atomic E-state index is 0.0123. The lowest BCUT2D eigenvalue weighted by Gasteiger charge is -2.31. The van der Waals surface area contributed by atoms with Gasteiger partial charge >= 0.3 is 5.97 Å². The normalized spacial score (nSPS) is 20.1. The van der Waals surface area contributed by atoms with E-state index in [1.54, 1.807) is 19.0 Å². The Morgan fingerprint density at radius 2 is 2.11 bits per heavy atom. The van der Waals surface area contributed by atoms with Crippen molar-refractivity contribution < 1.29 is 14.3 Å². The van der Waals surface area contributed by atoms with Gasteiger partial charge in [0.15, 0.2) is 0 Å². The van der Waals surface area contributed by atoms with Gasteiger partial charge in [-0.3, -0.25) is 9.59 Å². The summed E-state index contributed by atoms with van der Waals surface area (Å²) in [5.41, 5.74) is 0. The van der Waals surface area contributed by atoms with Gasteiger partial charge in [-0.2, -0.15) is 0 Å². The summed E-state index contributed by atoms with van der Waals surface area (Å²) in [6.07, 6.45) is 3.39. The largest absolute Gasteiger partial charge is 0.466 e. The van der Waals surface area contributed by atoms with Gasteiger partial charge in [-0.1, -0.05) is 0 Å². The van der Waals surface area contributed by atoms with Gasteiger partial charge in [0.2, 0.25) is 5.91 Å². The highest BCUT2D eigenvalue weighted by molar-refractivity contribution is 5.75. The molecule has 0 aromatic rings. The Balaban J connectivity index is 2.27. The fourth-order valence-corrected chi connectivity index (χ4v) is 2.39. The van der Waals surface area contributed by atoms with Crippen LogP contribution in [0.3, 0.4) is 0 Å². The summed E-state index contributed by atoms with van der Waals surface area (Å²) in [5, 5.41) is 0. The van der Waals surface area contributed by atoms with E-state index < -0.39 is 0 Å². The van der Waals surface area contributed by atoms with Crippen LogP contribution in [-0.2, 0) is 14.3 Å². The summed E-state index contributed by atoms with van der Waals surface area (Å²) in [6, 6.07) is 0. The number of likely N-dealkylation sites (tertiary alicyclic amines) is 1. The van der Waals surface area contributed by atoms with Crippen LogP contribution < -0.4 is 0 Å². The SMILES string of the molecule is CCOC(=O)[C@@H]1CCCN(CCCC(=O)N(C)C)C1. The van der Waals surface area contributed by atoms with Gasteiger partial charge in [-0.25, -0.2) is 0 Å². The lowest BCUT2D eigenvalue weighted by molar-refractivity contribution is -0.150. The number of hydrogen-bond acceptors (Lipinski definition) is 4. The van der Waals surface area contributed by atoms with Gasteiger partial charge in [0.1, 0.15) is 0 Å². The minimum Gasteiger partial charge on any atom is -0.466 e. The second-order valence-electron chi connectivity index (χ2n) is 5.28. The predicted octanol–water partition coefficient (Wildman–Crippen LogP) is 1.13. The Kier molecular flexibility index (Phi) is 6.84. The number of carbonyl (C=O) groups excluding carboxylic acids is 2. The van der Waals surface area contributed by atoms with E-state index in [0.717, 1.165) is 38.9 Å². The maximum atomic E-state index is 11.7. The topological polar surface area (TPSA) is 49.9 Å². The number of esters is 1. The molecule has 0 aromatic carbocycles. The molecule has 110 valence electrons. The molecule has 1 rings (SSSR count). The number of carbonyl (C=O) groups is 2. The van der Waals surface area contributed by atoms with Crippen molar-refractivity contribution >= 4 is 11.9 Å². The molecule has 1 heterocycles. The third-order valence-electron chi connectivity index (χ3n) is 3.49. The van der Waals surface area contributed by atoms with Crippen LogP contribution in [0.2, 0.25) is 0 Å². The van der Waals surface area contributed by atoms with Gasteiger partial charge in [-0.15, -0.1) is 0 Å². The number of piperidine rings is 1. The molecule has 5 nitrogen and oxygen atoms in total. The van der Waals surface area contributed by atoms with Gasteiger partial charge in [0, 0.05) is 27.1 Å². The van der Waals surface area contributed by atoms with Gasteiger partial charge in [0.25, 0.3) is 0 Å². The average molecular weight is 270 g/mol. The summed E-state index contributed by atoms with van der Waals surface area (Å²) in [4.78, 5) is 27.1. The first-order valence-corrected chi connectivity index (χ1v) is 7.13. The number of rotatable bonds is 6. The molecule has 1 fully saturated rings. The molecule has 0 spiro atoms. The summed E-state index contributed by atoms with van der Waals surface area (Å²) >= 11 is 0. The smallest absolute Gasteiger partial charge is 0.310 e. The average Bonchev–Trinajstić information content (AvgIpc) is 2.39. The predicted molar refractivity (Wildman–Crippen MR) is 73.7 cm³/mol. The summed E-state index contributed by atoms with van der Waals surface area (Å²) in [6.45, 7) is 4.97. The van der Waals surface area contributed by atoms with Crippen LogP contribution >= 0.6 is 0 Å². The monoisotopic (exact) mass is 270 g/mol. The van der Waals surface area contributed by atoms with Crippen LogP contribution in [0.5, 0.6) is 0 Å². The minimum atomic E-state index is -0.0726. The van der Waals surface area contributed by atoms with E-state index in [1.807, 2.05) is 6.92 Å². The van der Waals surface area contributed by atoms with Crippen molar-refractivity contribution in [2.24, 2.45) is 5.92 Å². The first-order chi connectivity index (χ1) is 9.04. The quantitative estimate of drug-likeness (QED) is 0.679. The van der Waals surface area contributed by atoms with E-state index in [9.17, 15) is 9.59 Å². The highest BCUT2D eigenvalue weighted by atomic mass is 16.5. The van der Waals surface area contributed by atoms with Gasteiger partial charge < -0.3 is 14.5 Å². The van der Waals surface area contributed by atoms with Crippen molar-refractivity contribution in [2.45, 2.75) is 32.6 Å². The lowest BCUT2D eigenvalue weighted by Crippen LogP contribution is -2.40. The molecule has 19 heavy (non-hydrogen) atoms. The molecule has 1 amide bonds. The van der Waals surface area contributed by atoms with Crippen LogP contribution in [0.4, 0.5) is 0 Å². The summed E-state index contributed by atoms with van der Waals surface area (Å²) in [5.74, 6) is 0.105. The van der Waals surface area contributed by atoms with E-state index in [2.05, 4.69) is 4.90 Å². The van der Waals surface area contributed by atoms with E-state index in [4.69, 9.17) is 4.74 Å². The van der Waals surface area contributed by atoms with Crippen LogP contribution in [0, 0.1) is 5.92 Å². The molecule has 5 heteroatoms. The number of amides is 1. The molecule has 1 saturated heterocycles. The van der Waals surface area contributed by atoms with Crippen LogP contribution in [0.1, 0.15) is 32.6 Å². The molecular weight excluding hydrogens is 244 g/mol. The fourth-order valence-electron chi connectivity index (χ4n) is 2.39. The zero-order valence-electron chi connectivity index (χ0n) is 12.4. The van der Waals surface area contributed by atoms with Crippen LogP contribution in [0.25, 0.3) is 0 Å². The van der Waals surface area contributed by atoms with Gasteiger partial charge in [0.05, 0.1) is 12.5 Å². The lowest BCUT2D eigenvalue weighted by atomic mass is 9.98. The first-order valence-electron chi connectivity index (χ1n) is 7.13. The van der Waals surface area contributed by atoms with Crippen molar-refractivity contribution in [3.63, 3.8) is 0 Å². The Morgan fingerprint density at radius 3 is 2.74 bits per heavy atom. The van der Waals surface area contributed by atoms with Crippen molar-refractivity contribution in [3.05, 3.63) is 0 Å². The van der Waals surface area contributed by atoms with Crippen molar-refractivity contribution in [3.8, 4) is 0 Å². The van der Waals surface area contributed by atoms with Crippen molar-refractivity contribution in [1.82, 2.24) is 9.80 Å². The molecule has 0 N–H and O–H groups in total.